The van der Waals surface area contributed by atoms with E-state index in [2.05, 4.69) is 30.7 Å². The third-order valence-electron chi connectivity index (χ3n) is 7.33. The molecule has 0 heterocycles. The normalized spacial score (nSPS) is 12.5. The Kier molecular flexibility index (Phi) is 9.02. The summed E-state index contributed by atoms with van der Waals surface area (Å²) < 4.78 is 66.2. The Hall–Kier alpha value is -6.54. The summed E-state index contributed by atoms with van der Waals surface area (Å²) in [5.74, 6) is -1.41. The van der Waals surface area contributed by atoms with Crippen LogP contribution in [0, 0.1) is 10.1 Å². The molecule has 51 heavy (non-hydrogen) atoms. The van der Waals surface area contributed by atoms with Gasteiger partial charge in [0.25, 0.3) is 25.9 Å². The van der Waals surface area contributed by atoms with Crippen molar-refractivity contribution in [1.82, 2.24) is 0 Å². The summed E-state index contributed by atoms with van der Waals surface area (Å²) in [6, 6.07) is 23.2. The molecular weight excluding hydrogens is 707 g/mol. The van der Waals surface area contributed by atoms with Crippen molar-refractivity contribution < 1.29 is 41.1 Å². The molecule has 0 aliphatic heterocycles. The second-order valence-corrected chi connectivity index (χ2v) is 13.4. The van der Waals surface area contributed by atoms with Crippen molar-refractivity contribution in [2.45, 2.75) is 9.79 Å². The van der Waals surface area contributed by atoms with E-state index in [-0.39, 0.29) is 54.7 Å². The Morgan fingerprint density at radius 3 is 1.80 bits per heavy atom. The predicted octanol–water partition coefficient (Wildman–Crippen LogP) is 9.05. The lowest BCUT2D eigenvalue weighted by Crippen LogP contribution is -1.98. The van der Waals surface area contributed by atoms with Crippen LogP contribution in [0.1, 0.15) is 0 Å². The summed E-state index contributed by atoms with van der Waals surface area (Å²) in [6.07, 6.45) is 0. The van der Waals surface area contributed by atoms with Crippen LogP contribution in [0.4, 0.5) is 39.8 Å². The van der Waals surface area contributed by atoms with Gasteiger partial charge < -0.3 is 10.2 Å². The molecule has 0 saturated carbocycles. The molecule has 256 valence electrons. The standard InChI is InChI=1S/C32H21N7O10S2/c40-31-27(36-33-19-8-10-20(11-9-19)39(42)43)17-28(37-34-25-7-3-4-18-16-21(50(44,45)46)12-13-22(18)25)32(41)30(31)38-35-26-14-15-29(51(47,48)49)24-6-2-1-5-23(24)26/h1-17,40-41H,(H,44,45,46)(H,47,48,49). The lowest BCUT2D eigenvalue weighted by molar-refractivity contribution is -0.384. The van der Waals surface area contributed by atoms with E-state index in [4.69, 9.17) is 0 Å². The number of benzene rings is 6. The van der Waals surface area contributed by atoms with Crippen LogP contribution in [-0.4, -0.2) is 41.1 Å². The quantitative estimate of drug-likeness (QED) is 0.0474. The largest absolute Gasteiger partial charge is 0.504 e. The van der Waals surface area contributed by atoms with E-state index in [9.17, 15) is 46.3 Å². The first-order chi connectivity index (χ1) is 24.2. The van der Waals surface area contributed by atoms with Gasteiger partial charge in [-0.3, -0.25) is 19.2 Å². The lowest BCUT2D eigenvalue weighted by Gasteiger charge is -2.08. The molecule has 0 radical (unpaired) electrons. The van der Waals surface area contributed by atoms with Gasteiger partial charge in [-0.05, 0) is 47.9 Å². The third kappa shape index (κ3) is 7.26. The lowest BCUT2D eigenvalue weighted by atomic mass is 10.1. The molecule has 6 rings (SSSR count). The molecule has 0 aliphatic carbocycles. The molecule has 6 aromatic carbocycles. The van der Waals surface area contributed by atoms with Gasteiger partial charge in [0.15, 0.2) is 17.2 Å². The Morgan fingerprint density at radius 1 is 0.549 bits per heavy atom. The Labute approximate surface area is 287 Å². The van der Waals surface area contributed by atoms with Crippen LogP contribution >= 0.6 is 0 Å². The van der Waals surface area contributed by atoms with E-state index >= 15 is 0 Å². The number of fused-ring (bicyclic) bond motifs is 2. The van der Waals surface area contributed by atoms with Crippen LogP contribution in [0.15, 0.2) is 144 Å². The molecule has 0 aromatic heterocycles. The molecule has 17 nitrogen and oxygen atoms in total. The molecule has 0 atom stereocenters. The monoisotopic (exact) mass is 727 g/mol. The zero-order valence-corrected chi connectivity index (χ0v) is 27.1. The van der Waals surface area contributed by atoms with Crippen LogP contribution in [0.25, 0.3) is 21.5 Å². The zero-order chi connectivity index (χ0) is 36.5. The molecule has 0 fully saturated rings. The molecule has 4 N–H and O–H groups in total. The highest BCUT2D eigenvalue weighted by molar-refractivity contribution is 7.86. The van der Waals surface area contributed by atoms with Gasteiger partial charge >= 0.3 is 0 Å². The van der Waals surface area contributed by atoms with Crippen molar-refractivity contribution in [3.8, 4) is 11.5 Å². The summed E-state index contributed by atoms with van der Waals surface area (Å²) in [6.45, 7) is 0. The van der Waals surface area contributed by atoms with Crippen molar-refractivity contribution in [3.05, 3.63) is 113 Å². The average molecular weight is 728 g/mol. The number of nitrogens with zero attached hydrogens (tertiary/aromatic N) is 7. The van der Waals surface area contributed by atoms with Crippen molar-refractivity contribution >= 4 is 81.6 Å². The summed E-state index contributed by atoms with van der Waals surface area (Å²) in [5, 5.41) is 59.0. The second kappa shape index (κ2) is 13.4. The van der Waals surface area contributed by atoms with Crippen LogP contribution in [0.5, 0.6) is 11.5 Å². The van der Waals surface area contributed by atoms with Crippen molar-refractivity contribution in [2.24, 2.45) is 30.7 Å². The van der Waals surface area contributed by atoms with Crippen LogP contribution < -0.4 is 0 Å². The van der Waals surface area contributed by atoms with E-state index in [1.165, 1.54) is 60.7 Å². The maximum atomic E-state index is 11.9. The number of rotatable bonds is 9. The van der Waals surface area contributed by atoms with Crippen molar-refractivity contribution in [3.63, 3.8) is 0 Å². The second-order valence-electron chi connectivity index (χ2n) is 10.6. The number of aromatic hydroxyl groups is 2. The van der Waals surface area contributed by atoms with Crippen molar-refractivity contribution in [2.75, 3.05) is 0 Å². The fourth-order valence-corrected chi connectivity index (χ4v) is 6.10. The smallest absolute Gasteiger partial charge is 0.295 e. The Bertz CT molecular complexity index is 2700. The highest BCUT2D eigenvalue weighted by atomic mass is 32.2. The number of nitro groups is 1. The summed E-state index contributed by atoms with van der Waals surface area (Å²) in [7, 11) is -9.07. The van der Waals surface area contributed by atoms with Crippen LogP contribution in [0.3, 0.4) is 0 Å². The van der Waals surface area contributed by atoms with Gasteiger partial charge in [0, 0.05) is 34.4 Å². The SMILES string of the molecule is O=[N+]([O-])c1ccc(N=Nc2cc(N=Nc3cccc4cc(S(=O)(=O)O)ccc34)c(O)c(N=Nc3ccc(S(=O)(=O)O)c4ccccc34)c2O)cc1. The maximum Gasteiger partial charge on any atom is 0.295 e. The Morgan fingerprint density at radius 2 is 1.16 bits per heavy atom. The fourth-order valence-electron chi connectivity index (χ4n) is 4.89. The summed E-state index contributed by atoms with van der Waals surface area (Å²) >= 11 is 0. The number of non-ortho nitro benzene ring substituents is 1. The van der Waals surface area contributed by atoms with Crippen molar-refractivity contribution in [1.29, 1.82) is 0 Å². The Balaban J connectivity index is 1.47. The topological polar surface area (TPSA) is 266 Å². The molecule has 0 spiro atoms. The van der Waals surface area contributed by atoms with E-state index in [0.717, 1.165) is 12.1 Å². The summed E-state index contributed by atoms with van der Waals surface area (Å²) in [4.78, 5) is 9.71. The van der Waals surface area contributed by atoms with Gasteiger partial charge in [0.1, 0.15) is 16.3 Å². The van der Waals surface area contributed by atoms with Crippen LogP contribution in [0.2, 0.25) is 0 Å². The van der Waals surface area contributed by atoms with Gasteiger partial charge in [-0.25, -0.2) is 0 Å². The minimum absolute atomic E-state index is 0.0953. The van der Waals surface area contributed by atoms with E-state index in [1.54, 1.807) is 30.3 Å². The molecular formula is C32H21N7O10S2. The molecule has 0 amide bonds. The number of phenols is 2. The fraction of sp³-hybridized carbons (Fsp3) is 0. The molecule has 6 aromatic rings. The molecule has 0 bridgehead atoms. The molecule has 0 aliphatic rings. The van der Waals surface area contributed by atoms with E-state index in [0.29, 0.717) is 10.8 Å². The third-order valence-corrected chi connectivity index (χ3v) is 9.09. The first-order valence-corrected chi connectivity index (χ1v) is 17.2. The number of azo groups is 3. The van der Waals surface area contributed by atoms with E-state index in [1.807, 2.05) is 0 Å². The first kappa shape index (κ1) is 34.3. The van der Waals surface area contributed by atoms with Gasteiger partial charge in [-0.2, -0.15) is 21.9 Å². The van der Waals surface area contributed by atoms with Gasteiger partial charge in [-0.1, -0.05) is 42.5 Å². The predicted molar refractivity (Wildman–Crippen MR) is 183 cm³/mol. The van der Waals surface area contributed by atoms with Crippen LogP contribution in [-0.2, 0) is 20.2 Å². The molecule has 0 unspecified atom stereocenters. The minimum Gasteiger partial charge on any atom is -0.504 e. The van der Waals surface area contributed by atoms with Gasteiger partial charge in [0.05, 0.1) is 26.9 Å². The molecule has 19 heteroatoms. The minimum atomic E-state index is -4.59. The number of hydrogen-bond donors (Lipinski definition) is 4. The van der Waals surface area contributed by atoms with Gasteiger partial charge in [0.2, 0.25) is 0 Å². The number of phenolic OH excluding ortho intramolecular Hbond substituents is 2. The van der Waals surface area contributed by atoms with E-state index < -0.39 is 42.3 Å². The first-order valence-electron chi connectivity index (χ1n) is 14.3. The van der Waals surface area contributed by atoms with Gasteiger partial charge in [-0.15, -0.1) is 25.6 Å². The zero-order valence-electron chi connectivity index (χ0n) is 25.5. The number of nitro benzene ring substituents is 1. The highest BCUT2D eigenvalue weighted by Gasteiger charge is 2.20. The summed E-state index contributed by atoms with van der Waals surface area (Å²) in [5.41, 5.74) is -0.796. The number of hydrogen-bond acceptors (Lipinski definition) is 14. The average Bonchev–Trinajstić information content (AvgIpc) is 3.09. The maximum absolute atomic E-state index is 11.9. The molecule has 0 saturated heterocycles. The highest BCUT2D eigenvalue weighted by Crippen LogP contribution is 2.50.